The smallest absolute Gasteiger partial charge is 0.337 e. The van der Waals surface area contributed by atoms with Gasteiger partial charge in [0.1, 0.15) is 0 Å². The van der Waals surface area contributed by atoms with Crippen LogP contribution in [0.25, 0.3) is 0 Å². The van der Waals surface area contributed by atoms with E-state index in [1.165, 1.54) is 0 Å². The van der Waals surface area contributed by atoms with Crippen LogP contribution in [0.5, 0.6) is 0 Å². The number of aromatic carboxylic acids is 1. The molecule has 21 heavy (non-hydrogen) atoms. The van der Waals surface area contributed by atoms with E-state index in [2.05, 4.69) is 4.98 Å². The lowest BCUT2D eigenvalue weighted by molar-refractivity contribution is -0.384. The molecule has 0 amide bonds. The highest BCUT2D eigenvalue weighted by Crippen LogP contribution is 2.34. The van der Waals surface area contributed by atoms with Crippen molar-refractivity contribution >= 4 is 17.5 Å². The maximum absolute atomic E-state index is 11.2. The van der Waals surface area contributed by atoms with Crippen LogP contribution in [0.4, 0.5) is 11.5 Å². The first kappa shape index (κ1) is 15.2. The maximum atomic E-state index is 11.2. The highest BCUT2D eigenvalue weighted by molar-refractivity contribution is 5.88. The van der Waals surface area contributed by atoms with Crippen molar-refractivity contribution in [2.45, 2.75) is 31.7 Å². The normalized spacial score (nSPS) is 14.5. The van der Waals surface area contributed by atoms with Gasteiger partial charge in [0.2, 0.25) is 5.82 Å². The van der Waals surface area contributed by atoms with Gasteiger partial charge in [-0.1, -0.05) is 0 Å². The number of nitro groups is 1. The molecule has 2 rings (SSSR count). The zero-order valence-electron chi connectivity index (χ0n) is 11.4. The van der Waals surface area contributed by atoms with Crippen molar-refractivity contribution in [2.24, 2.45) is 0 Å². The molecule has 0 unspecified atom stereocenters. The van der Waals surface area contributed by atoms with Crippen molar-refractivity contribution in [3.05, 3.63) is 27.9 Å². The Morgan fingerprint density at radius 2 is 2.24 bits per heavy atom. The summed E-state index contributed by atoms with van der Waals surface area (Å²) in [5.41, 5.74) is -0.513. The molecule has 1 aromatic rings. The summed E-state index contributed by atoms with van der Waals surface area (Å²) < 4.78 is 0. The molecule has 114 valence electrons. The molecule has 1 aliphatic carbocycles. The number of aromatic nitrogens is 1. The van der Waals surface area contributed by atoms with Crippen LogP contribution in [0.2, 0.25) is 0 Å². The minimum absolute atomic E-state index is 0.00970. The van der Waals surface area contributed by atoms with Gasteiger partial charge in [0.25, 0.3) is 0 Å². The summed E-state index contributed by atoms with van der Waals surface area (Å²) in [5.74, 6) is -1.06. The van der Waals surface area contributed by atoms with Crippen LogP contribution in [0.3, 0.4) is 0 Å². The summed E-state index contributed by atoms with van der Waals surface area (Å²) in [6, 6.07) is 1.20. The zero-order chi connectivity index (χ0) is 15.4. The van der Waals surface area contributed by atoms with Gasteiger partial charge in [-0.3, -0.25) is 10.1 Å². The average molecular weight is 295 g/mol. The van der Waals surface area contributed by atoms with Crippen molar-refractivity contribution in [1.29, 1.82) is 0 Å². The predicted molar refractivity (Wildman–Crippen MR) is 74.5 cm³/mol. The Bertz CT molecular complexity index is 545. The molecule has 1 aliphatic rings. The summed E-state index contributed by atoms with van der Waals surface area (Å²) in [7, 11) is 0. The van der Waals surface area contributed by atoms with Crippen molar-refractivity contribution in [2.75, 3.05) is 18.1 Å². The molecule has 8 nitrogen and oxygen atoms in total. The van der Waals surface area contributed by atoms with Crippen LogP contribution in [0.1, 0.15) is 36.0 Å². The summed E-state index contributed by atoms with van der Waals surface area (Å²) >= 11 is 0. The van der Waals surface area contributed by atoms with Crippen LogP contribution >= 0.6 is 0 Å². The van der Waals surface area contributed by atoms with E-state index in [9.17, 15) is 14.9 Å². The van der Waals surface area contributed by atoms with Crippen molar-refractivity contribution < 1.29 is 19.9 Å². The number of hydrogen-bond acceptors (Lipinski definition) is 6. The van der Waals surface area contributed by atoms with Gasteiger partial charge in [-0.25, -0.2) is 9.78 Å². The molecule has 1 fully saturated rings. The van der Waals surface area contributed by atoms with Gasteiger partial charge in [0, 0.05) is 31.5 Å². The van der Waals surface area contributed by atoms with Gasteiger partial charge < -0.3 is 15.1 Å². The Hall–Kier alpha value is -2.22. The fourth-order valence-corrected chi connectivity index (χ4v) is 2.32. The fraction of sp³-hybridized carbons (Fsp3) is 0.538. The highest BCUT2D eigenvalue weighted by Gasteiger charge is 2.31. The Morgan fingerprint density at radius 1 is 1.52 bits per heavy atom. The van der Waals surface area contributed by atoms with E-state index in [1.807, 2.05) is 4.90 Å². The topological polar surface area (TPSA) is 117 Å². The third kappa shape index (κ3) is 3.27. The first-order chi connectivity index (χ1) is 10.0. The van der Waals surface area contributed by atoms with Crippen LogP contribution in [-0.4, -0.2) is 45.3 Å². The third-order valence-corrected chi connectivity index (χ3v) is 3.64. The number of carboxylic acids is 1. The van der Waals surface area contributed by atoms with E-state index in [1.54, 1.807) is 0 Å². The van der Waals surface area contributed by atoms with E-state index in [0.717, 1.165) is 31.5 Å². The number of pyridine rings is 1. The first-order valence-electron chi connectivity index (χ1n) is 6.80. The molecule has 1 heterocycles. The standard InChI is InChI=1S/C13H17N3O5/c17-6-2-5-15(10-3-1-4-10)12-11(16(20)21)7-9(8-14-12)13(18)19/h7-8,10,17H,1-6H2,(H,18,19). The third-order valence-electron chi connectivity index (χ3n) is 3.64. The molecule has 1 saturated carbocycles. The number of carboxylic acid groups (broad SMARTS) is 1. The molecule has 0 bridgehead atoms. The Balaban J connectivity index is 2.38. The number of rotatable bonds is 7. The molecule has 2 N–H and O–H groups in total. The van der Waals surface area contributed by atoms with Gasteiger partial charge in [0.05, 0.1) is 10.5 Å². The van der Waals surface area contributed by atoms with E-state index < -0.39 is 10.9 Å². The molecule has 0 aromatic carbocycles. The molecular weight excluding hydrogens is 278 g/mol. The van der Waals surface area contributed by atoms with E-state index in [0.29, 0.717) is 13.0 Å². The van der Waals surface area contributed by atoms with Crippen LogP contribution in [0, 0.1) is 10.1 Å². The van der Waals surface area contributed by atoms with Crippen LogP contribution in [-0.2, 0) is 0 Å². The van der Waals surface area contributed by atoms with E-state index >= 15 is 0 Å². The lowest BCUT2D eigenvalue weighted by atomic mass is 9.91. The monoisotopic (exact) mass is 295 g/mol. The summed E-state index contributed by atoms with van der Waals surface area (Å²) in [6.45, 7) is 0.450. The summed E-state index contributed by atoms with van der Waals surface area (Å²) in [4.78, 5) is 27.3. The number of anilines is 1. The SMILES string of the molecule is O=C(O)c1cnc(N(CCCO)C2CCC2)c([N+](=O)[O-])c1. The molecule has 0 saturated heterocycles. The Labute approximate surface area is 121 Å². The van der Waals surface area contributed by atoms with Crippen molar-refractivity contribution in [3.63, 3.8) is 0 Å². The predicted octanol–water partition coefficient (Wildman–Crippen LogP) is 1.43. The molecule has 0 atom stereocenters. The van der Waals surface area contributed by atoms with Gasteiger partial charge in [-0.2, -0.15) is 0 Å². The molecular formula is C13H17N3O5. The summed E-state index contributed by atoms with van der Waals surface area (Å²) in [6.07, 6.45) is 4.52. The van der Waals surface area contributed by atoms with E-state index in [-0.39, 0.29) is 29.7 Å². The average Bonchev–Trinajstić information content (AvgIpc) is 2.40. The second-order valence-corrected chi connectivity index (χ2v) is 4.98. The second kappa shape index (κ2) is 6.49. The first-order valence-corrected chi connectivity index (χ1v) is 6.80. The van der Waals surface area contributed by atoms with Crippen LogP contribution < -0.4 is 4.90 Å². The molecule has 1 aromatic heterocycles. The lowest BCUT2D eigenvalue weighted by Gasteiger charge is -2.38. The number of aliphatic hydroxyl groups excluding tert-OH is 1. The van der Waals surface area contributed by atoms with Gasteiger partial charge in [-0.05, 0) is 25.7 Å². The van der Waals surface area contributed by atoms with Crippen molar-refractivity contribution in [3.8, 4) is 0 Å². The molecule has 0 aliphatic heterocycles. The zero-order valence-corrected chi connectivity index (χ0v) is 11.4. The number of carbonyl (C=O) groups is 1. The largest absolute Gasteiger partial charge is 0.478 e. The number of nitrogens with zero attached hydrogens (tertiary/aromatic N) is 3. The minimum atomic E-state index is -1.25. The highest BCUT2D eigenvalue weighted by atomic mass is 16.6. The maximum Gasteiger partial charge on any atom is 0.337 e. The molecule has 8 heteroatoms. The van der Waals surface area contributed by atoms with Crippen molar-refractivity contribution in [1.82, 2.24) is 4.98 Å². The fourth-order valence-electron chi connectivity index (χ4n) is 2.32. The Kier molecular flexibility index (Phi) is 4.69. The summed E-state index contributed by atoms with van der Waals surface area (Å²) in [5, 5.41) is 29.1. The quantitative estimate of drug-likeness (QED) is 0.577. The number of aliphatic hydroxyl groups is 1. The number of hydrogen-bond donors (Lipinski definition) is 2. The molecule has 0 spiro atoms. The van der Waals surface area contributed by atoms with Gasteiger partial charge in [0.15, 0.2) is 0 Å². The van der Waals surface area contributed by atoms with Gasteiger partial charge in [-0.15, -0.1) is 0 Å². The van der Waals surface area contributed by atoms with Crippen LogP contribution in [0.15, 0.2) is 12.3 Å². The second-order valence-electron chi connectivity index (χ2n) is 4.98. The van der Waals surface area contributed by atoms with Gasteiger partial charge >= 0.3 is 11.7 Å². The Morgan fingerprint density at radius 3 is 2.71 bits per heavy atom. The lowest BCUT2D eigenvalue weighted by Crippen LogP contribution is -2.42. The minimum Gasteiger partial charge on any atom is -0.478 e. The molecule has 0 radical (unpaired) electrons. The van der Waals surface area contributed by atoms with E-state index in [4.69, 9.17) is 10.2 Å².